The summed E-state index contributed by atoms with van der Waals surface area (Å²) < 4.78 is 1.76. The van der Waals surface area contributed by atoms with Crippen molar-refractivity contribution < 1.29 is 9.59 Å². The highest BCUT2D eigenvalue weighted by Gasteiger charge is 2.34. The van der Waals surface area contributed by atoms with E-state index in [-0.39, 0.29) is 17.9 Å². The molecule has 25 heavy (non-hydrogen) atoms. The molecular weight excluding hydrogens is 318 g/mol. The molecule has 2 saturated heterocycles. The summed E-state index contributed by atoms with van der Waals surface area (Å²) in [5.74, 6) is 0.835. The molecule has 0 atom stereocenters. The number of carbonyl (C=O) groups excluding carboxylic acids is 2. The number of amides is 2. The van der Waals surface area contributed by atoms with Crippen molar-refractivity contribution in [2.45, 2.75) is 57.4 Å². The Labute approximate surface area is 148 Å². The van der Waals surface area contributed by atoms with Crippen LogP contribution in [0.4, 0.5) is 0 Å². The van der Waals surface area contributed by atoms with Crippen LogP contribution in [-0.2, 0) is 4.79 Å². The number of carbonyl (C=O) groups is 2. The van der Waals surface area contributed by atoms with Gasteiger partial charge in [-0.25, -0.2) is 4.68 Å². The Morgan fingerprint density at radius 2 is 1.72 bits per heavy atom. The fourth-order valence-electron chi connectivity index (χ4n) is 4.23. The molecule has 136 valence electrons. The molecule has 0 bridgehead atoms. The Hall–Kier alpha value is -1.92. The van der Waals surface area contributed by atoms with Gasteiger partial charge in [0.2, 0.25) is 5.91 Å². The minimum Gasteiger partial charge on any atom is -0.338 e. The normalized spacial score (nSPS) is 22.2. The highest BCUT2D eigenvalue weighted by atomic mass is 16.2. The third kappa shape index (κ3) is 3.55. The molecule has 3 aliphatic rings. The highest BCUT2D eigenvalue weighted by molar-refractivity contribution is 5.92. The van der Waals surface area contributed by atoms with Crippen molar-refractivity contribution in [3.05, 3.63) is 11.9 Å². The van der Waals surface area contributed by atoms with Crippen LogP contribution in [-0.4, -0.2) is 62.8 Å². The van der Waals surface area contributed by atoms with Crippen LogP contribution >= 0.6 is 0 Å². The molecular formula is C18H27N5O2. The summed E-state index contributed by atoms with van der Waals surface area (Å²) in [5, 5.41) is 8.17. The summed E-state index contributed by atoms with van der Waals surface area (Å²) in [4.78, 5) is 28.5. The zero-order valence-corrected chi connectivity index (χ0v) is 14.8. The summed E-state index contributed by atoms with van der Waals surface area (Å²) >= 11 is 0. The first kappa shape index (κ1) is 16.5. The number of likely N-dealkylation sites (tertiary alicyclic amines) is 2. The van der Waals surface area contributed by atoms with Gasteiger partial charge in [-0.05, 0) is 31.6 Å². The van der Waals surface area contributed by atoms with Gasteiger partial charge in [-0.1, -0.05) is 24.5 Å². The molecule has 1 aromatic rings. The Morgan fingerprint density at radius 3 is 2.44 bits per heavy atom. The Kier molecular flexibility index (Phi) is 4.72. The van der Waals surface area contributed by atoms with E-state index < -0.39 is 0 Å². The van der Waals surface area contributed by atoms with E-state index in [1.54, 1.807) is 10.9 Å². The van der Waals surface area contributed by atoms with Crippen molar-refractivity contribution in [3.8, 4) is 0 Å². The second-order valence-corrected chi connectivity index (χ2v) is 7.74. The standard InChI is InChI=1S/C18H27N5O2/c24-17(10-14-6-2-1-3-7-14)22-11-15(12-22)23-13-16(19-20-23)18(25)21-8-4-5-9-21/h13-15H,1-12H2. The maximum absolute atomic E-state index is 12.4. The molecule has 1 aromatic heterocycles. The van der Waals surface area contributed by atoms with Crippen molar-refractivity contribution in [2.75, 3.05) is 26.2 Å². The number of hydrogen-bond donors (Lipinski definition) is 0. The number of aromatic nitrogens is 3. The fraction of sp³-hybridized carbons (Fsp3) is 0.778. The van der Waals surface area contributed by atoms with Gasteiger partial charge in [0.15, 0.2) is 5.69 Å². The van der Waals surface area contributed by atoms with E-state index in [2.05, 4.69) is 10.3 Å². The van der Waals surface area contributed by atoms with Gasteiger partial charge in [0.25, 0.3) is 5.91 Å². The van der Waals surface area contributed by atoms with Gasteiger partial charge in [-0.15, -0.1) is 5.10 Å². The van der Waals surface area contributed by atoms with Gasteiger partial charge in [0, 0.05) is 32.6 Å². The van der Waals surface area contributed by atoms with Crippen molar-refractivity contribution in [1.29, 1.82) is 0 Å². The summed E-state index contributed by atoms with van der Waals surface area (Å²) in [5.41, 5.74) is 0.425. The number of rotatable bonds is 4. The zero-order chi connectivity index (χ0) is 17.2. The molecule has 0 aromatic carbocycles. The van der Waals surface area contributed by atoms with E-state index in [4.69, 9.17) is 0 Å². The maximum atomic E-state index is 12.4. The quantitative estimate of drug-likeness (QED) is 0.835. The largest absolute Gasteiger partial charge is 0.338 e. The predicted octanol–water partition coefficient (Wildman–Crippen LogP) is 1.87. The molecule has 2 amide bonds. The van der Waals surface area contributed by atoms with Crippen LogP contribution in [0.15, 0.2) is 6.20 Å². The minimum atomic E-state index is -0.0201. The van der Waals surface area contributed by atoms with Crippen LogP contribution in [0.2, 0.25) is 0 Å². The summed E-state index contributed by atoms with van der Waals surface area (Å²) in [6.07, 6.45) is 10.8. The molecule has 1 saturated carbocycles. The third-order valence-electron chi connectivity index (χ3n) is 5.90. The average Bonchev–Trinajstić information content (AvgIpc) is 3.26. The smallest absolute Gasteiger partial charge is 0.276 e. The molecule has 4 rings (SSSR count). The minimum absolute atomic E-state index is 0.0201. The first-order valence-corrected chi connectivity index (χ1v) is 9.69. The zero-order valence-electron chi connectivity index (χ0n) is 14.8. The van der Waals surface area contributed by atoms with E-state index in [9.17, 15) is 9.59 Å². The SMILES string of the molecule is O=C(CC1CCCCC1)N1CC(n2cc(C(=O)N3CCCC3)nn2)C1. The van der Waals surface area contributed by atoms with Gasteiger partial charge in [-0.2, -0.15) is 0 Å². The van der Waals surface area contributed by atoms with Crippen molar-refractivity contribution >= 4 is 11.8 Å². The van der Waals surface area contributed by atoms with Gasteiger partial charge < -0.3 is 9.80 Å². The summed E-state index contributed by atoms with van der Waals surface area (Å²) in [7, 11) is 0. The summed E-state index contributed by atoms with van der Waals surface area (Å²) in [6, 6.07) is 0.155. The highest BCUT2D eigenvalue weighted by Crippen LogP contribution is 2.29. The van der Waals surface area contributed by atoms with Crippen LogP contribution in [0.25, 0.3) is 0 Å². The van der Waals surface area contributed by atoms with Gasteiger partial charge in [-0.3, -0.25) is 9.59 Å². The second kappa shape index (κ2) is 7.14. The molecule has 0 unspecified atom stereocenters. The Bertz CT molecular complexity index is 625. The number of nitrogens with zero attached hydrogens (tertiary/aromatic N) is 5. The lowest BCUT2D eigenvalue weighted by Crippen LogP contribution is -2.51. The van der Waals surface area contributed by atoms with E-state index in [1.807, 2.05) is 9.80 Å². The van der Waals surface area contributed by atoms with Gasteiger partial charge in [0.1, 0.15) is 0 Å². The molecule has 3 fully saturated rings. The van der Waals surface area contributed by atoms with Gasteiger partial charge in [0.05, 0.1) is 12.2 Å². The first-order valence-electron chi connectivity index (χ1n) is 9.69. The third-order valence-corrected chi connectivity index (χ3v) is 5.90. The topological polar surface area (TPSA) is 71.3 Å². The molecule has 7 nitrogen and oxygen atoms in total. The molecule has 7 heteroatoms. The average molecular weight is 345 g/mol. The Balaban J connectivity index is 1.27. The fourth-order valence-corrected chi connectivity index (χ4v) is 4.23. The van der Waals surface area contributed by atoms with Gasteiger partial charge >= 0.3 is 0 Å². The van der Waals surface area contributed by atoms with E-state index in [1.165, 1.54) is 32.1 Å². The first-order chi connectivity index (χ1) is 12.2. The van der Waals surface area contributed by atoms with Crippen LogP contribution in [0.5, 0.6) is 0 Å². The van der Waals surface area contributed by atoms with Crippen LogP contribution in [0, 0.1) is 5.92 Å². The molecule has 0 spiro atoms. The van der Waals surface area contributed by atoms with E-state index in [0.29, 0.717) is 31.1 Å². The monoisotopic (exact) mass is 345 g/mol. The van der Waals surface area contributed by atoms with Crippen molar-refractivity contribution in [3.63, 3.8) is 0 Å². The molecule has 0 radical (unpaired) electrons. The second-order valence-electron chi connectivity index (χ2n) is 7.74. The van der Waals surface area contributed by atoms with Crippen molar-refractivity contribution in [2.24, 2.45) is 5.92 Å². The maximum Gasteiger partial charge on any atom is 0.276 e. The summed E-state index contributed by atoms with van der Waals surface area (Å²) in [6.45, 7) is 3.01. The lowest BCUT2D eigenvalue weighted by Gasteiger charge is -2.39. The van der Waals surface area contributed by atoms with Crippen molar-refractivity contribution in [1.82, 2.24) is 24.8 Å². The van der Waals surface area contributed by atoms with E-state index >= 15 is 0 Å². The van der Waals surface area contributed by atoms with Crippen LogP contribution in [0.3, 0.4) is 0 Å². The van der Waals surface area contributed by atoms with E-state index in [0.717, 1.165) is 25.9 Å². The Morgan fingerprint density at radius 1 is 1.00 bits per heavy atom. The molecule has 3 heterocycles. The number of hydrogen-bond acceptors (Lipinski definition) is 4. The molecule has 2 aliphatic heterocycles. The lowest BCUT2D eigenvalue weighted by molar-refractivity contribution is -0.138. The predicted molar refractivity (Wildman–Crippen MR) is 92.0 cm³/mol. The molecule has 0 N–H and O–H groups in total. The van der Waals surface area contributed by atoms with Crippen LogP contribution < -0.4 is 0 Å². The molecule has 1 aliphatic carbocycles. The van der Waals surface area contributed by atoms with Crippen LogP contribution in [0.1, 0.15) is 67.9 Å². The lowest BCUT2D eigenvalue weighted by atomic mass is 9.86.